The van der Waals surface area contributed by atoms with E-state index in [2.05, 4.69) is 32.4 Å². The van der Waals surface area contributed by atoms with E-state index in [1.807, 2.05) is 12.1 Å². The Kier molecular flexibility index (Phi) is 3.55. The summed E-state index contributed by atoms with van der Waals surface area (Å²) in [4.78, 5) is 0. The van der Waals surface area contributed by atoms with Crippen LogP contribution in [0.2, 0.25) is 0 Å². The van der Waals surface area contributed by atoms with Crippen LogP contribution in [0.3, 0.4) is 0 Å². The van der Waals surface area contributed by atoms with Crippen LogP contribution in [-0.2, 0) is 6.42 Å². The monoisotopic (exact) mass is 182 g/mol. The van der Waals surface area contributed by atoms with Gasteiger partial charge in [-0.05, 0) is 31.4 Å². The Morgan fingerprint density at radius 3 is 2.50 bits per heavy atom. The molecule has 1 nitrogen and oxygen atoms in total. The second-order valence-corrected chi connectivity index (χ2v) is 4.67. The molecule has 12 heavy (non-hydrogen) atoms. The number of benzene rings is 1. The van der Waals surface area contributed by atoms with Gasteiger partial charge in [-0.25, -0.2) is 0 Å². The highest BCUT2D eigenvalue weighted by molar-refractivity contribution is 7.51. The first-order valence-electron chi connectivity index (χ1n) is 4.17. The molecular weight excluding hydrogens is 167 g/mol. The van der Waals surface area contributed by atoms with Crippen molar-refractivity contribution < 1.29 is 4.52 Å². The molecule has 0 spiro atoms. The molecule has 0 unspecified atom stereocenters. The first kappa shape index (κ1) is 9.54. The summed E-state index contributed by atoms with van der Waals surface area (Å²) in [6.45, 7) is 6.37. The third-order valence-corrected chi connectivity index (χ3v) is 2.20. The van der Waals surface area contributed by atoms with Gasteiger partial charge in [0, 0.05) is 0 Å². The molecule has 0 heterocycles. The maximum Gasteiger partial charge on any atom is 0.126 e. The van der Waals surface area contributed by atoms with Crippen LogP contribution in [0.4, 0.5) is 0 Å². The van der Waals surface area contributed by atoms with E-state index < -0.39 is 0 Å². The lowest BCUT2D eigenvalue weighted by Crippen LogP contribution is -1.89. The maximum absolute atomic E-state index is 5.70. The van der Waals surface area contributed by atoms with E-state index >= 15 is 0 Å². The number of aryl methyl sites for hydroxylation is 1. The van der Waals surface area contributed by atoms with E-state index in [-0.39, 0.29) is 8.15 Å². The highest BCUT2D eigenvalue weighted by Crippen LogP contribution is 2.32. The Bertz CT molecular complexity index is 245. The van der Waals surface area contributed by atoms with E-state index in [0.29, 0.717) is 0 Å². The lowest BCUT2D eigenvalue weighted by molar-refractivity contribution is 0.613. The summed E-state index contributed by atoms with van der Waals surface area (Å²) in [7, 11) is -0.299. The highest BCUT2D eigenvalue weighted by atomic mass is 31.1. The van der Waals surface area contributed by atoms with Crippen molar-refractivity contribution in [2.45, 2.75) is 13.3 Å². The van der Waals surface area contributed by atoms with Gasteiger partial charge < -0.3 is 4.52 Å². The standard InChI is InChI=1S/C10H15OP/c1-4-9-7-5-6-8-10(9)11-12(2)3/h5-8H,4H2,1-3H3. The van der Waals surface area contributed by atoms with E-state index in [9.17, 15) is 0 Å². The van der Waals surface area contributed by atoms with Gasteiger partial charge in [0.1, 0.15) is 5.75 Å². The fraction of sp³-hybridized carbons (Fsp3) is 0.400. The quantitative estimate of drug-likeness (QED) is 0.652. The van der Waals surface area contributed by atoms with Crippen molar-refractivity contribution in [2.75, 3.05) is 13.3 Å². The van der Waals surface area contributed by atoms with E-state index in [0.717, 1.165) is 12.2 Å². The Hall–Kier alpha value is -0.550. The van der Waals surface area contributed by atoms with Crippen molar-refractivity contribution in [3.05, 3.63) is 29.8 Å². The first-order chi connectivity index (χ1) is 5.74. The van der Waals surface area contributed by atoms with Crippen molar-refractivity contribution in [1.29, 1.82) is 0 Å². The third-order valence-electron chi connectivity index (χ3n) is 1.63. The van der Waals surface area contributed by atoms with Gasteiger partial charge in [0.15, 0.2) is 0 Å². The lowest BCUT2D eigenvalue weighted by Gasteiger charge is -2.12. The van der Waals surface area contributed by atoms with Gasteiger partial charge in [-0.3, -0.25) is 0 Å². The summed E-state index contributed by atoms with van der Waals surface area (Å²) in [6, 6.07) is 8.24. The fourth-order valence-electron chi connectivity index (χ4n) is 1.08. The molecule has 0 radical (unpaired) electrons. The Morgan fingerprint density at radius 1 is 1.25 bits per heavy atom. The zero-order valence-corrected chi connectivity index (χ0v) is 8.77. The number of para-hydroxylation sites is 1. The second-order valence-electron chi connectivity index (χ2n) is 2.86. The SMILES string of the molecule is CCc1ccccc1OP(C)C. The molecular formula is C10H15OP. The van der Waals surface area contributed by atoms with Gasteiger partial charge in [-0.2, -0.15) is 0 Å². The molecule has 0 aromatic heterocycles. The van der Waals surface area contributed by atoms with Gasteiger partial charge in [0.2, 0.25) is 0 Å². The number of hydrogen-bond acceptors (Lipinski definition) is 1. The molecule has 0 fully saturated rings. The Morgan fingerprint density at radius 2 is 1.92 bits per heavy atom. The lowest BCUT2D eigenvalue weighted by atomic mass is 10.1. The number of rotatable bonds is 3. The van der Waals surface area contributed by atoms with Gasteiger partial charge in [-0.1, -0.05) is 25.1 Å². The number of hydrogen-bond donors (Lipinski definition) is 0. The van der Waals surface area contributed by atoms with Crippen molar-refractivity contribution in [3.8, 4) is 5.75 Å². The van der Waals surface area contributed by atoms with Crippen molar-refractivity contribution in [1.82, 2.24) is 0 Å². The van der Waals surface area contributed by atoms with Crippen LogP contribution in [0.5, 0.6) is 5.75 Å². The largest absolute Gasteiger partial charge is 0.474 e. The molecule has 1 aromatic carbocycles. The summed E-state index contributed by atoms with van der Waals surface area (Å²) < 4.78 is 5.70. The molecule has 0 N–H and O–H groups in total. The molecule has 0 saturated carbocycles. The summed E-state index contributed by atoms with van der Waals surface area (Å²) in [5.74, 6) is 1.05. The zero-order valence-electron chi connectivity index (χ0n) is 7.87. The molecule has 0 saturated heterocycles. The average molecular weight is 182 g/mol. The Balaban J connectivity index is 2.82. The summed E-state index contributed by atoms with van der Waals surface area (Å²) >= 11 is 0. The van der Waals surface area contributed by atoms with Gasteiger partial charge in [0.05, 0.1) is 8.15 Å². The molecule has 2 heteroatoms. The van der Waals surface area contributed by atoms with E-state index in [1.54, 1.807) is 0 Å². The van der Waals surface area contributed by atoms with Crippen LogP contribution < -0.4 is 4.52 Å². The first-order valence-corrected chi connectivity index (χ1v) is 6.32. The van der Waals surface area contributed by atoms with E-state index in [4.69, 9.17) is 4.52 Å². The Labute approximate surface area is 75.6 Å². The maximum atomic E-state index is 5.70. The van der Waals surface area contributed by atoms with Crippen molar-refractivity contribution in [2.24, 2.45) is 0 Å². The summed E-state index contributed by atoms with van der Waals surface area (Å²) in [5.41, 5.74) is 1.30. The van der Waals surface area contributed by atoms with Crippen LogP contribution in [0.25, 0.3) is 0 Å². The molecule has 0 bridgehead atoms. The minimum atomic E-state index is -0.299. The normalized spacial score (nSPS) is 10.3. The molecule has 1 aromatic rings. The summed E-state index contributed by atoms with van der Waals surface area (Å²) in [5, 5.41) is 0. The minimum Gasteiger partial charge on any atom is -0.474 e. The predicted molar refractivity (Wildman–Crippen MR) is 55.2 cm³/mol. The van der Waals surface area contributed by atoms with Crippen molar-refractivity contribution in [3.63, 3.8) is 0 Å². The third kappa shape index (κ3) is 2.49. The molecule has 1 rings (SSSR count). The second kappa shape index (κ2) is 4.47. The van der Waals surface area contributed by atoms with Crippen LogP contribution in [-0.4, -0.2) is 13.3 Å². The molecule has 0 amide bonds. The fourth-order valence-corrected chi connectivity index (χ4v) is 1.65. The minimum absolute atomic E-state index is 0.299. The van der Waals surface area contributed by atoms with Gasteiger partial charge in [0.25, 0.3) is 0 Å². The van der Waals surface area contributed by atoms with Crippen LogP contribution in [0.15, 0.2) is 24.3 Å². The molecule has 0 aliphatic heterocycles. The summed E-state index contributed by atoms with van der Waals surface area (Å²) in [6.07, 6.45) is 1.04. The highest BCUT2D eigenvalue weighted by Gasteiger charge is 2.01. The smallest absolute Gasteiger partial charge is 0.126 e. The average Bonchev–Trinajstić information content (AvgIpc) is 2.04. The van der Waals surface area contributed by atoms with Crippen LogP contribution in [0.1, 0.15) is 12.5 Å². The van der Waals surface area contributed by atoms with Crippen molar-refractivity contribution >= 4 is 8.15 Å². The molecule has 66 valence electrons. The van der Waals surface area contributed by atoms with Gasteiger partial charge >= 0.3 is 0 Å². The molecule has 0 aliphatic carbocycles. The predicted octanol–water partition coefficient (Wildman–Crippen LogP) is 3.28. The molecule has 0 aliphatic rings. The topological polar surface area (TPSA) is 9.23 Å². The van der Waals surface area contributed by atoms with Crippen LogP contribution >= 0.6 is 8.15 Å². The van der Waals surface area contributed by atoms with Gasteiger partial charge in [-0.15, -0.1) is 0 Å². The zero-order chi connectivity index (χ0) is 8.97. The molecule has 0 atom stereocenters. The van der Waals surface area contributed by atoms with E-state index in [1.165, 1.54) is 5.56 Å². The van der Waals surface area contributed by atoms with Crippen LogP contribution in [0, 0.1) is 0 Å².